The number of pyridine rings is 1. The smallest absolute Gasteiger partial charge is 0.306 e. The van der Waals surface area contributed by atoms with Crippen molar-refractivity contribution in [1.82, 2.24) is 4.98 Å². The molecule has 0 radical (unpaired) electrons. The van der Waals surface area contributed by atoms with E-state index in [0.29, 0.717) is 13.0 Å². The molecule has 154 valence electrons. The van der Waals surface area contributed by atoms with Crippen molar-refractivity contribution in [2.24, 2.45) is 0 Å². The number of unbranched alkanes of at least 4 members (excludes halogenated alkanes) is 10. The number of aromatic nitrogens is 1. The van der Waals surface area contributed by atoms with E-state index >= 15 is 0 Å². The van der Waals surface area contributed by atoms with Gasteiger partial charge in [0.1, 0.15) is 6.61 Å². The second kappa shape index (κ2) is 18.3. The third-order valence-corrected chi connectivity index (χ3v) is 5.84. The van der Waals surface area contributed by atoms with Gasteiger partial charge in [0.05, 0.1) is 0 Å². The number of rotatable bonds is 18. The molecule has 0 atom stereocenters. The summed E-state index contributed by atoms with van der Waals surface area (Å²) in [5.74, 6) is 2.33. The van der Waals surface area contributed by atoms with Crippen LogP contribution < -0.4 is 0 Å². The predicted molar refractivity (Wildman–Crippen MR) is 117 cm³/mol. The van der Waals surface area contributed by atoms with Gasteiger partial charge in [0.15, 0.2) is 0 Å². The molecule has 1 rings (SSSR count). The molecule has 3 nitrogen and oxygen atoms in total. The van der Waals surface area contributed by atoms with E-state index in [1.54, 1.807) is 12.4 Å². The van der Waals surface area contributed by atoms with E-state index in [-0.39, 0.29) is 5.97 Å². The Morgan fingerprint density at radius 2 is 1.56 bits per heavy atom. The van der Waals surface area contributed by atoms with Gasteiger partial charge in [-0.2, -0.15) is 11.8 Å². The molecular formula is C23H39NO2S. The molecule has 1 heterocycles. The fourth-order valence-electron chi connectivity index (χ4n) is 2.99. The Morgan fingerprint density at radius 3 is 2.19 bits per heavy atom. The van der Waals surface area contributed by atoms with Crippen LogP contribution >= 0.6 is 11.8 Å². The van der Waals surface area contributed by atoms with Crippen molar-refractivity contribution in [1.29, 1.82) is 0 Å². The van der Waals surface area contributed by atoms with Crippen LogP contribution in [0.1, 0.15) is 96.0 Å². The van der Waals surface area contributed by atoms with Gasteiger partial charge in [0.2, 0.25) is 0 Å². The minimum atomic E-state index is -0.0986. The lowest BCUT2D eigenvalue weighted by Gasteiger charge is -2.05. The third kappa shape index (κ3) is 15.7. The Hall–Kier alpha value is -1.03. The van der Waals surface area contributed by atoms with E-state index in [2.05, 4.69) is 11.9 Å². The zero-order chi connectivity index (χ0) is 19.4. The minimum absolute atomic E-state index is 0.0986. The van der Waals surface area contributed by atoms with Crippen LogP contribution in [0.2, 0.25) is 0 Å². The standard InChI is InChI=1S/C23H39NO2S/c1-2-3-4-5-6-7-8-9-10-12-18-27-19-13-11-16-23(25)26-21-22-15-14-17-24-20-22/h14-15,17,20H,2-13,16,18-19,21H2,1H3. The summed E-state index contributed by atoms with van der Waals surface area (Å²) in [4.78, 5) is 15.7. The van der Waals surface area contributed by atoms with Crippen molar-refractivity contribution >= 4 is 17.7 Å². The highest BCUT2D eigenvalue weighted by molar-refractivity contribution is 7.99. The molecular weight excluding hydrogens is 354 g/mol. The highest BCUT2D eigenvalue weighted by Gasteiger charge is 2.03. The lowest BCUT2D eigenvalue weighted by Crippen LogP contribution is -2.04. The molecule has 0 aliphatic carbocycles. The SMILES string of the molecule is CCCCCCCCCCCCSCCCCC(=O)OCc1cccnc1. The molecule has 0 aliphatic rings. The molecule has 4 heteroatoms. The van der Waals surface area contributed by atoms with E-state index in [4.69, 9.17) is 4.74 Å². The summed E-state index contributed by atoms with van der Waals surface area (Å²) in [6, 6.07) is 3.78. The summed E-state index contributed by atoms with van der Waals surface area (Å²) >= 11 is 2.03. The van der Waals surface area contributed by atoms with Gasteiger partial charge in [-0.1, -0.05) is 70.8 Å². The first-order chi connectivity index (χ1) is 13.3. The maximum atomic E-state index is 11.7. The number of nitrogens with zero attached hydrogens (tertiary/aromatic N) is 1. The molecule has 0 aromatic carbocycles. The maximum absolute atomic E-state index is 11.7. The number of thioether (sulfide) groups is 1. The van der Waals surface area contributed by atoms with Gasteiger partial charge in [-0.05, 0) is 36.8 Å². The van der Waals surface area contributed by atoms with Crippen molar-refractivity contribution in [3.63, 3.8) is 0 Å². The maximum Gasteiger partial charge on any atom is 0.306 e. The predicted octanol–water partition coefficient (Wildman–Crippen LogP) is 6.95. The summed E-state index contributed by atoms with van der Waals surface area (Å²) in [6.45, 7) is 2.61. The largest absolute Gasteiger partial charge is 0.461 e. The molecule has 0 aliphatic heterocycles. The molecule has 1 aromatic heterocycles. The van der Waals surface area contributed by atoms with Crippen LogP contribution in [0, 0.1) is 0 Å². The summed E-state index contributed by atoms with van der Waals surface area (Å²) < 4.78 is 5.26. The van der Waals surface area contributed by atoms with E-state index in [1.807, 2.05) is 23.9 Å². The quantitative estimate of drug-likeness (QED) is 0.200. The van der Waals surface area contributed by atoms with Gasteiger partial charge < -0.3 is 4.74 Å². The number of hydrogen-bond donors (Lipinski definition) is 0. The molecule has 0 bridgehead atoms. The van der Waals surface area contributed by atoms with Crippen LogP contribution in [0.25, 0.3) is 0 Å². The monoisotopic (exact) mass is 393 g/mol. The van der Waals surface area contributed by atoms with Crippen LogP contribution in [0.3, 0.4) is 0 Å². The van der Waals surface area contributed by atoms with Crippen molar-refractivity contribution in [2.45, 2.75) is 97.0 Å². The topological polar surface area (TPSA) is 39.2 Å². The number of ether oxygens (including phenoxy) is 1. The highest BCUT2D eigenvalue weighted by Crippen LogP contribution is 2.13. The highest BCUT2D eigenvalue weighted by atomic mass is 32.2. The fourth-order valence-corrected chi connectivity index (χ4v) is 4.01. The molecule has 0 fully saturated rings. The van der Waals surface area contributed by atoms with Gasteiger partial charge >= 0.3 is 5.97 Å². The summed E-state index contributed by atoms with van der Waals surface area (Å²) in [6.07, 6.45) is 20.0. The molecule has 0 amide bonds. The van der Waals surface area contributed by atoms with Crippen molar-refractivity contribution < 1.29 is 9.53 Å². The Balaban J connectivity index is 1.77. The van der Waals surface area contributed by atoms with Crippen molar-refractivity contribution in [2.75, 3.05) is 11.5 Å². The number of hydrogen-bond acceptors (Lipinski definition) is 4. The molecule has 1 aromatic rings. The first-order valence-electron chi connectivity index (χ1n) is 10.9. The minimum Gasteiger partial charge on any atom is -0.461 e. The first kappa shape index (κ1) is 24.0. The van der Waals surface area contributed by atoms with Gasteiger partial charge in [-0.3, -0.25) is 9.78 Å². The van der Waals surface area contributed by atoms with E-state index in [0.717, 1.165) is 24.2 Å². The van der Waals surface area contributed by atoms with Crippen LogP contribution in [-0.2, 0) is 16.1 Å². The molecule has 0 unspecified atom stereocenters. The Morgan fingerprint density at radius 1 is 0.926 bits per heavy atom. The summed E-state index contributed by atoms with van der Waals surface area (Å²) in [7, 11) is 0. The van der Waals surface area contributed by atoms with Gasteiger partial charge in [-0.15, -0.1) is 0 Å². The Labute approximate surface area is 171 Å². The lowest BCUT2D eigenvalue weighted by molar-refractivity contribution is -0.145. The number of carbonyl (C=O) groups excluding carboxylic acids is 1. The van der Waals surface area contributed by atoms with E-state index in [1.165, 1.54) is 70.0 Å². The van der Waals surface area contributed by atoms with Crippen molar-refractivity contribution in [3.05, 3.63) is 30.1 Å². The van der Waals surface area contributed by atoms with E-state index in [9.17, 15) is 4.79 Å². The Bertz CT molecular complexity index is 453. The average molecular weight is 394 g/mol. The van der Waals surface area contributed by atoms with E-state index < -0.39 is 0 Å². The van der Waals surface area contributed by atoms with Crippen LogP contribution in [0.15, 0.2) is 24.5 Å². The van der Waals surface area contributed by atoms with Crippen LogP contribution in [0.5, 0.6) is 0 Å². The van der Waals surface area contributed by atoms with Gasteiger partial charge in [-0.25, -0.2) is 0 Å². The average Bonchev–Trinajstić information content (AvgIpc) is 2.70. The lowest BCUT2D eigenvalue weighted by atomic mass is 10.1. The zero-order valence-corrected chi connectivity index (χ0v) is 18.1. The van der Waals surface area contributed by atoms with Crippen LogP contribution in [-0.4, -0.2) is 22.5 Å². The third-order valence-electron chi connectivity index (χ3n) is 4.68. The second-order valence-electron chi connectivity index (χ2n) is 7.27. The Kier molecular flexibility index (Phi) is 16.3. The molecule has 0 saturated carbocycles. The molecule has 0 spiro atoms. The fraction of sp³-hybridized carbons (Fsp3) is 0.739. The number of esters is 1. The molecule has 0 saturated heterocycles. The normalized spacial score (nSPS) is 10.9. The molecule has 0 N–H and O–H groups in total. The number of carbonyl (C=O) groups is 1. The first-order valence-corrected chi connectivity index (χ1v) is 12.1. The van der Waals surface area contributed by atoms with Crippen LogP contribution in [0.4, 0.5) is 0 Å². The summed E-state index contributed by atoms with van der Waals surface area (Å²) in [5, 5.41) is 0. The zero-order valence-electron chi connectivity index (χ0n) is 17.3. The summed E-state index contributed by atoms with van der Waals surface area (Å²) in [5.41, 5.74) is 0.942. The van der Waals surface area contributed by atoms with Gasteiger partial charge in [0, 0.05) is 24.4 Å². The second-order valence-corrected chi connectivity index (χ2v) is 8.50. The van der Waals surface area contributed by atoms with Gasteiger partial charge in [0.25, 0.3) is 0 Å². The van der Waals surface area contributed by atoms with Crippen molar-refractivity contribution in [3.8, 4) is 0 Å². The molecule has 27 heavy (non-hydrogen) atoms.